The number of carbonyl (C=O) groups excluding carboxylic acids is 1. The fraction of sp³-hybridized carbons (Fsp3) is 0.562. The highest BCUT2D eigenvalue weighted by Gasteiger charge is 2.32. The molecule has 0 spiro atoms. The summed E-state index contributed by atoms with van der Waals surface area (Å²) in [7, 11) is -3.84. The van der Waals surface area contributed by atoms with Gasteiger partial charge in [-0.1, -0.05) is 13.8 Å². The summed E-state index contributed by atoms with van der Waals surface area (Å²) >= 11 is 0. The predicted molar refractivity (Wildman–Crippen MR) is 89.5 cm³/mol. The number of hydrogen-bond donors (Lipinski definition) is 3. The Morgan fingerprint density at radius 1 is 1.29 bits per heavy atom. The van der Waals surface area contributed by atoms with Crippen molar-refractivity contribution in [2.45, 2.75) is 56.6 Å². The van der Waals surface area contributed by atoms with E-state index in [0.717, 1.165) is 18.9 Å². The molecule has 24 heavy (non-hydrogen) atoms. The Kier molecular flexibility index (Phi) is 5.95. The molecule has 1 fully saturated rings. The second-order valence-corrected chi connectivity index (χ2v) is 8.18. The lowest BCUT2D eigenvalue weighted by atomic mass is 9.86. The summed E-state index contributed by atoms with van der Waals surface area (Å²) < 4.78 is 39.8. The second kappa shape index (κ2) is 7.58. The summed E-state index contributed by atoms with van der Waals surface area (Å²) in [5.41, 5.74) is 0.236. The number of carbonyl (C=O) groups is 1. The van der Waals surface area contributed by atoms with Crippen molar-refractivity contribution >= 4 is 15.9 Å². The SMILES string of the molecule is Cc1cc(S(=O)(=O)NCC(=O)N[C@@H]2CC[C@@H]2NC(C)C)ccc1F. The first-order chi connectivity index (χ1) is 11.2. The highest BCUT2D eigenvalue weighted by molar-refractivity contribution is 7.89. The van der Waals surface area contributed by atoms with E-state index < -0.39 is 15.8 Å². The minimum atomic E-state index is -3.84. The van der Waals surface area contributed by atoms with Crippen molar-refractivity contribution in [3.8, 4) is 0 Å². The van der Waals surface area contributed by atoms with E-state index in [1.54, 1.807) is 0 Å². The van der Waals surface area contributed by atoms with E-state index in [1.807, 2.05) is 13.8 Å². The van der Waals surface area contributed by atoms with Crippen LogP contribution in [0.5, 0.6) is 0 Å². The van der Waals surface area contributed by atoms with E-state index in [2.05, 4.69) is 15.4 Å². The molecule has 2 rings (SSSR count). The predicted octanol–water partition coefficient (Wildman–Crippen LogP) is 1.06. The number of amides is 1. The molecule has 0 radical (unpaired) electrons. The average molecular weight is 357 g/mol. The Labute approximate surface area is 142 Å². The normalized spacial score (nSPS) is 20.7. The monoisotopic (exact) mass is 357 g/mol. The molecule has 0 saturated heterocycles. The highest BCUT2D eigenvalue weighted by atomic mass is 32.2. The first-order valence-corrected chi connectivity index (χ1v) is 9.48. The number of sulfonamides is 1. The summed E-state index contributed by atoms with van der Waals surface area (Å²) in [6, 6.07) is 4.10. The smallest absolute Gasteiger partial charge is 0.241 e. The third-order valence-electron chi connectivity index (χ3n) is 4.03. The maximum atomic E-state index is 13.2. The third-order valence-corrected chi connectivity index (χ3v) is 5.43. The molecule has 8 heteroatoms. The molecule has 1 aliphatic rings. The molecular weight excluding hydrogens is 333 g/mol. The molecule has 0 aromatic heterocycles. The van der Waals surface area contributed by atoms with Gasteiger partial charge in [-0.2, -0.15) is 0 Å². The Bertz CT molecular complexity index is 707. The molecule has 3 N–H and O–H groups in total. The fourth-order valence-electron chi connectivity index (χ4n) is 2.59. The van der Waals surface area contributed by atoms with Gasteiger partial charge in [0.1, 0.15) is 5.82 Å². The molecule has 2 atom stereocenters. The quantitative estimate of drug-likeness (QED) is 0.681. The van der Waals surface area contributed by atoms with Crippen molar-refractivity contribution in [1.82, 2.24) is 15.4 Å². The van der Waals surface area contributed by atoms with E-state index in [1.165, 1.54) is 19.1 Å². The molecule has 1 amide bonds. The average Bonchev–Trinajstić information content (AvgIpc) is 2.50. The number of benzene rings is 1. The van der Waals surface area contributed by atoms with E-state index in [4.69, 9.17) is 0 Å². The van der Waals surface area contributed by atoms with Gasteiger partial charge in [-0.15, -0.1) is 0 Å². The van der Waals surface area contributed by atoms with Crippen LogP contribution in [0.4, 0.5) is 4.39 Å². The standard InChI is InChI=1S/C16H24FN3O3S/c1-10(2)19-14-6-7-15(14)20-16(21)9-18-24(22,23)12-4-5-13(17)11(3)8-12/h4-5,8,10,14-15,18-19H,6-7,9H2,1-3H3,(H,20,21)/t14-,15+/m0/s1. The number of halogens is 1. The topological polar surface area (TPSA) is 87.3 Å². The van der Waals surface area contributed by atoms with Crippen molar-refractivity contribution < 1.29 is 17.6 Å². The van der Waals surface area contributed by atoms with Crippen LogP contribution in [0.25, 0.3) is 0 Å². The zero-order valence-electron chi connectivity index (χ0n) is 14.1. The molecule has 0 bridgehead atoms. The first kappa shape index (κ1) is 18.8. The van der Waals surface area contributed by atoms with Crippen molar-refractivity contribution in [2.24, 2.45) is 0 Å². The Hall–Kier alpha value is -1.51. The summed E-state index contributed by atoms with van der Waals surface area (Å²) in [4.78, 5) is 11.9. The second-order valence-electron chi connectivity index (χ2n) is 6.41. The van der Waals surface area contributed by atoms with Crippen molar-refractivity contribution in [3.05, 3.63) is 29.6 Å². The van der Waals surface area contributed by atoms with E-state index >= 15 is 0 Å². The van der Waals surface area contributed by atoms with E-state index in [-0.39, 0.29) is 35.0 Å². The van der Waals surface area contributed by atoms with Crippen LogP contribution in [0.15, 0.2) is 23.1 Å². The molecule has 1 saturated carbocycles. The zero-order valence-corrected chi connectivity index (χ0v) is 14.9. The van der Waals surface area contributed by atoms with Gasteiger partial charge < -0.3 is 10.6 Å². The summed E-state index contributed by atoms with van der Waals surface area (Å²) in [6.45, 7) is 5.22. The number of hydrogen-bond acceptors (Lipinski definition) is 4. The molecule has 6 nitrogen and oxygen atoms in total. The van der Waals surface area contributed by atoms with Gasteiger partial charge in [-0.25, -0.2) is 17.5 Å². The van der Waals surface area contributed by atoms with Crippen molar-refractivity contribution in [1.29, 1.82) is 0 Å². The minimum Gasteiger partial charge on any atom is -0.351 e. The van der Waals surface area contributed by atoms with Gasteiger partial charge in [0.15, 0.2) is 0 Å². The Morgan fingerprint density at radius 2 is 1.96 bits per heavy atom. The van der Waals surface area contributed by atoms with Crippen LogP contribution in [-0.2, 0) is 14.8 Å². The van der Waals surface area contributed by atoms with Gasteiger partial charge in [0, 0.05) is 18.1 Å². The van der Waals surface area contributed by atoms with E-state index in [9.17, 15) is 17.6 Å². The first-order valence-electron chi connectivity index (χ1n) is 8.00. The van der Waals surface area contributed by atoms with Gasteiger partial charge in [0.05, 0.1) is 11.4 Å². The molecule has 1 aliphatic carbocycles. The zero-order chi connectivity index (χ0) is 17.9. The van der Waals surface area contributed by atoms with Gasteiger partial charge in [-0.3, -0.25) is 4.79 Å². The Morgan fingerprint density at radius 3 is 2.50 bits per heavy atom. The van der Waals surface area contributed by atoms with Crippen molar-refractivity contribution in [2.75, 3.05) is 6.54 Å². The maximum absolute atomic E-state index is 13.2. The highest BCUT2D eigenvalue weighted by Crippen LogP contribution is 2.20. The molecule has 0 aliphatic heterocycles. The van der Waals surface area contributed by atoms with Crippen LogP contribution in [0.1, 0.15) is 32.3 Å². The van der Waals surface area contributed by atoms with Gasteiger partial charge in [0.25, 0.3) is 0 Å². The maximum Gasteiger partial charge on any atom is 0.241 e. The van der Waals surface area contributed by atoms with E-state index in [0.29, 0.717) is 6.04 Å². The lowest BCUT2D eigenvalue weighted by Gasteiger charge is -2.39. The summed E-state index contributed by atoms with van der Waals surface area (Å²) in [5.74, 6) is -0.849. The fourth-order valence-corrected chi connectivity index (χ4v) is 3.65. The molecule has 0 heterocycles. The molecule has 134 valence electrons. The van der Waals surface area contributed by atoms with Gasteiger partial charge in [-0.05, 0) is 43.5 Å². The van der Waals surface area contributed by atoms with Crippen LogP contribution in [0.3, 0.4) is 0 Å². The largest absolute Gasteiger partial charge is 0.351 e. The summed E-state index contributed by atoms with van der Waals surface area (Å²) in [6.07, 6.45) is 1.86. The van der Waals surface area contributed by atoms with Crippen LogP contribution < -0.4 is 15.4 Å². The Balaban J connectivity index is 1.87. The number of rotatable bonds is 7. The van der Waals surface area contributed by atoms with Crippen LogP contribution in [0, 0.1) is 12.7 Å². The number of nitrogens with one attached hydrogen (secondary N) is 3. The molecule has 1 aromatic carbocycles. The molecular formula is C16H24FN3O3S. The van der Waals surface area contributed by atoms with Gasteiger partial charge in [0.2, 0.25) is 15.9 Å². The summed E-state index contributed by atoms with van der Waals surface area (Å²) in [5, 5.41) is 6.18. The van der Waals surface area contributed by atoms with Gasteiger partial charge >= 0.3 is 0 Å². The van der Waals surface area contributed by atoms with Crippen LogP contribution in [0.2, 0.25) is 0 Å². The third kappa shape index (κ3) is 4.75. The minimum absolute atomic E-state index is 0.0254. The number of aryl methyl sites for hydroxylation is 1. The van der Waals surface area contributed by atoms with Crippen molar-refractivity contribution in [3.63, 3.8) is 0 Å². The molecule has 1 aromatic rings. The van der Waals surface area contributed by atoms with Crippen LogP contribution in [-0.4, -0.2) is 39.0 Å². The lowest BCUT2D eigenvalue weighted by Crippen LogP contribution is -2.59. The molecule has 0 unspecified atom stereocenters. The van der Waals surface area contributed by atoms with Crippen LogP contribution >= 0.6 is 0 Å². The lowest BCUT2D eigenvalue weighted by molar-refractivity contribution is -0.121.